The molecule has 1 atom stereocenters. The van der Waals surface area contributed by atoms with Crippen LogP contribution in [0.3, 0.4) is 0 Å². The molecule has 1 amide bonds. The number of carbonyl (C=O) groups is 1. The second kappa shape index (κ2) is 7.56. The number of rotatable bonds is 4. The fourth-order valence-electron chi connectivity index (χ4n) is 2.40. The Balaban J connectivity index is 0.00000220. The normalized spacial score (nSPS) is 17.5. The SMILES string of the molecule is Cc1cc(C(=O)NC2CCNC2)cc(C)c1OC(F)F.Cl. The molecule has 118 valence electrons. The maximum absolute atomic E-state index is 12.3. The van der Waals surface area contributed by atoms with Crippen molar-refractivity contribution >= 4 is 18.3 Å². The van der Waals surface area contributed by atoms with Crippen LogP contribution in [0.25, 0.3) is 0 Å². The quantitative estimate of drug-likeness (QED) is 0.896. The van der Waals surface area contributed by atoms with Crippen LogP contribution < -0.4 is 15.4 Å². The zero-order chi connectivity index (χ0) is 14.7. The van der Waals surface area contributed by atoms with Gasteiger partial charge in [-0.25, -0.2) is 0 Å². The molecule has 0 radical (unpaired) electrons. The number of aryl methyl sites for hydroxylation is 2. The average Bonchev–Trinajstić information content (AvgIpc) is 2.86. The molecule has 0 spiro atoms. The first-order valence-electron chi connectivity index (χ1n) is 6.55. The van der Waals surface area contributed by atoms with Crippen LogP contribution in [0, 0.1) is 13.8 Å². The lowest BCUT2D eigenvalue weighted by Gasteiger charge is -2.15. The molecule has 1 saturated heterocycles. The molecule has 0 aromatic heterocycles. The van der Waals surface area contributed by atoms with Gasteiger partial charge in [-0.1, -0.05) is 0 Å². The van der Waals surface area contributed by atoms with Crippen molar-refractivity contribution in [3.05, 3.63) is 28.8 Å². The Labute approximate surface area is 128 Å². The van der Waals surface area contributed by atoms with E-state index in [4.69, 9.17) is 0 Å². The highest BCUT2D eigenvalue weighted by molar-refractivity contribution is 5.95. The standard InChI is InChI=1S/C14H18F2N2O2.ClH/c1-8-5-10(6-9(2)12(8)20-14(15)16)13(19)18-11-3-4-17-7-11;/h5-6,11,14,17H,3-4,7H2,1-2H3,(H,18,19);1H. The molecule has 2 N–H and O–H groups in total. The van der Waals surface area contributed by atoms with Crippen molar-refractivity contribution in [2.45, 2.75) is 32.9 Å². The van der Waals surface area contributed by atoms with Crippen LogP contribution in [0.15, 0.2) is 12.1 Å². The van der Waals surface area contributed by atoms with E-state index in [1.165, 1.54) is 0 Å². The van der Waals surface area contributed by atoms with Gasteiger partial charge in [0.2, 0.25) is 0 Å². The Morgan fingerprint density at radius 1 is 1.38 bits per heavy atom. The average molecular weight is 321 g/mol. The van der Waals surface area contributed by atoms with Crippen LogP contribution >= 0.6 is 12.4 Å². The second-order valence-electron chi connectivity index (χ2n) is 4.98. The van der Waals surface area contributed by atoms with E-state index in [1.807, 2.05) is 0 Å². The van der Waals surface area contributed by atoms with Crippen molar-refractivity contribution in [3.63, 3.8) is 0 Å². The number of benzene rings is 1. The Kier molecular flexibility index (Phi) is 6.36. The van der Waals surface area contributed by atoms with Crippen molar-refractivity contribution in [1.29, 1.82) is 0 Å². The van der Waals surface area contributed by atoms with E-state index >= 15 is 0 Å². The van der Waals surface area contributed by atoms with E-state index < -0.39 is 6.61 Å². The van der Waals surface area contributed by atoms with Gasteiger partial charge >= 0.3 is 6.61 Å². The Morgan fingerprint density at radius 2 is 2.00 bits per heavy atom. The highest BCUT2D eigenvalue weighted by atomic mass is 35.5. The molecule has 1 unspecified atom stereocenters. The Morgan fingerprint density at radius 3 is 2.48 bits per heavy atom. The minimum absolute atomic E-state index is 0. The molecule has 0 bridgehead atoms. The lowest BCUT2D eigenvalue weighted by Crippen LogP contribution is -2.36. The molecule has 21 heavy (non-hydrogen) atoms. The van der Waals surface area contributed by atoms with Gasteiger partial charge in [-0.2, -0.15) is 8.78 Å². The molecule has 1 heterocycles. The zero-order valence-electron chi connectivity index (χ0n) is 11.9. The van der Waals surface area contributed by atoms with E-state index in [9.17, 15) is 13.6 Å². The molecular formula is C14H19ClF2N2O2. The van der Waals surface area contributed by atoms with E-state index in [1.54, 1.807) is 26.0 Å². The summed E-state index contributed by atoms with van der Waals surface area (Å²) >= 11 is 0. The van der Waals surface area contributed by atoms with Gasteiger partial charge in [0.15, 0.2) is 0 Å². The molecule has 0 aliphatic carbocycles. The Bertz CT molecular complexity index is 483. The third kappa shape index (κ3) is 4.54. The summed E-state index contributed by atoms with van der Waals surface area (Å²) in [5.74, 6) is -0.0485. The van der Waals surface area contributed by atoms with Gasteiger partial charge in [-0.3, -0.25) is 4.79 Å². The minimum atomic E-state index is -2.86. The Hall–Kier alpha value is -1.40. The smallest absolute Gasteiger partial charge is 0.387 e. The van der Waals surface area contributed by atoms with Crippen molar-refractivity contribution in [2.24, 2.45) is 0 Å². The topological polar surface area (TPSA) is 50.4 Å². The van der Waals surface area contributed by atoms with Crippen LogP contribution in [-0.2, 0) is 0 Å². The van der Waals surface area contributed by atoms with Gasteiger partial charge in [0.25, 0.3) is 5.91 Å². The number of carbonyl (C=O) groups excluding carboxylic acids is 1. The van der Waals surface area contributed by atoms with Gasteiger partial charge in [-0.15, -0.1) is 12.4 Å². The number of alkyl halides is 2. The van der Waals surface area contributed by atoms with E-state index in [2.05, 4.69) is 15.4 Å². The predicted octanol–water partition coefficient (Wildman–Crippen LogP) is 2.42. The summed E-state index contributed by atoms with van der Waals surface area (Å²) in [6, 6.07) is 3.27. The first kappa shape index (κ1) is 17.7. The van der Waals surface area contributed by atoms with Crippen molar-refractivity contribution in [2.75, 3.05) is 13.1 Å². The molecule has 4 nitrogen and oxygen atoms in total. The van der Waals surface area contributed by atoms with E-state index in [0.717, 1.165) is 19.5 Å². The lowest BCUT2D eigenvalue weighted by atomic mass is 10.0. The molecule has 1 fully saturated rings. The van der Waals surface area contributed by atoms with Gasteiger partial charge in [-0.05, 0) is 50.1 Å². The van der Waals surface area contributed by atoms with E-state index in [-0.39, 0.29) is 30.1 Å². The van der Waals surface area contributed by atoms with Crippen LogP contribution in [0.2, 0.25) is 0 Å². The summed E-state index contributed by atoms with van der Waals surface area (Å²) in [5, 5.41) is 6.08. The first-order chi connectivity index (χ1) is 9.47. The summed E-state index contributed by atoms with van der Waals surface area (Å²) in [6.45, 7) is 2.09. The number of nitrogens with one attached hydrogen (secondary N) is 2. The third-order valence-corrected chi connectivity index (χ3v) is 3.32. The molecule has 0 saturated carbocycles. The summed E-state index contributed by atoms with van der Waals surface area (Å²) in [7, 11) is 0. The number of hydrogen-bond donors (Lipinski definition) is 2. The largest absolute Gasteiger partial charge is 0.434 e. The number of amides is 1. The maximum Gasteiger partial charge on any atom is 0.387 e. The molecule has 1 aromatic rings. The predicted molar refractivity (Wildman–Crippen MR) is 78.5 cm³/mol. The second-order valence-corrected chi connectivity index (χ2v) is 4.98. The molecule has 2 rings (SSSR count). The van der Waals surface area contributed by atoms with Crippen molar-refractivity contribution < 1.29 is 18.3 Å². The number of ether oxygens (including phenoxy) is 1. The van der Waals surface area contributed by atoms with Crippen LogP contribution in [0.1, 0.15) is 27.9 Å². The zero-order valence-corrected chi connectivity index (χ0v) is 12.7. The number of hydrogen-bond acceptors (Lipinski definition) is 3. The van der Waals surface area contributed by atoms with Gasteiger partial charge < -0.3 is 15.4 Å². The van der Waals surface area contributed by atoms with E-state index in [0.29, 0.717) is 16.7 Å². The fourth-order valence-corrected chi connectivity index (χ4v) is 2.40. The van der Waals surface area contributed by atoms with Crippen molar-refractivity contribution in [3.8, 4) is 5.75 Å². The van der Waals surface area contributed by atoms with Crippen LogP contribution in [0.4, 0.5) is 8.78 Å². The molecule has 1 aromatic carbocycles. The highest BCUT2D eigenvalue weighted by Gasteiger charge is 2.19. The summed E-state index contributed by atoms with van der Waals surface area (Å²) in [5.41, 5.74) is 1.52. The molecule has 1 aliphatic rings. The van der Waals surface area contributed by atoms with Crippen molar-refractivity contribution in [1.82, 2.24) is 10.6 Å². The number of halogens is 3. The highest BCUT2D eigenvalue weighted by Crippen LogP contribution is 2.26. The first-order valence-corrected chi connectivity index (χ1v) is 6.55. The molecule has 7 heteroatoms. The van der Waals surface area contributed by atoms with Gasteiger partial charge in [0.1, 0.15) is 5.75 Å². The summed E-state index contributed by atoms with van der Waals surface area (Å²) < 4.78 is 29.1. The molecule has 1 aliphatic heterocycles. The van der Waals surface area contributed by atoms with Crippen LogP contribution in [0.5, 0.6) is 5.75 Å². The monoisotopic (exact) mass is 320 g/mol. The van der Waals surface area contributed by atoms with Crippen LogP contribution in [-0.4, -0.2) is 31.7 Å². The molecular weight excluding hydrogens is 302 g/mol. The fraction of sp³-hybridized carbons (Fsp3) is 0.500. The van der Waals surface area contributed by atoms with Gasteiger partial charge in [0.05, 0.1) is 0 Å². The summed E-state index contributed by atoms with van der Waals surface area (Å²) in [4.78, 5) is 12.1. The summed E-state index contributed by atoms with van der Waals surface area (Å²) in [6.07, 6.45) is 0.899. The lowest BCUT2D eigenvalue weighted by molar-refractivity contribution is -0.0507. The third-order valence-electron chi connectivity index (χ3n) is 3.32. The van der Waals surface area contributed by atoms with Gasteiger partial charge in [0, 0.05) is 18.2 Å². The maximum atomic E-state index is 12.3. The minimum Gasteiger partial charge on any atom is -0.434 e.